The lowest BCUT2D eigenvalue weighted by Crippen LogP contribution is -2.34. The molecule has 0 saturated heterocycles. The van der Waals surface area contributed by atoms with Crippen molar-refractivity contribution in [3.8, 4) is 12.1 Å². The zero-order valence-electron chi connectivity index (χ0n) is 17.0. The van der Waals surface area contributed by atoms with E-state index in [0.717, 1.165) is 22.3 Å². The van der Waals surface area contributed by atoms with E-state index >= 15 is 0 Å². The molecule has 0 fully saturated rings. The molecule has 2 aliphatic carbocycles. The number of rotatable bonds is 2. The van der Waals surface area contributed by atoms with E-state index in [9.17, 15) is 10.5 Å². The van der Waals surface area contributed by atoms with Crippen LogP contribution in [0.3, 0.4) is 0 Å². The normalized spacial score (nSPS) is 23.9. The summed E-state index contributed by atoms with van der Waals surface area (Å²) in [5.74, 6) is 0. The van der Waals surface area contributed by atoms with Crippen LogP contribution in [-0.4, -0.2) is 0 Å². The van der Waals surface area contributed by atoms with Gasteiger partial charge in [0, 0.05) is 33.1 Å². The van der Waals surface area contributed by atoms with Crippen molar-refractivity contribution in [3.05, 3.63) is 118 Å². The molecule has 4 rings (SSSR count). The van der Waals surface area contributed by atoms with Gasteiger partial charge in [-0.05, 0) is 49.3 Å². The fraction of sp³-hybridized carbons (Fsp3) is 0.143. The van der Waals surface area contributed by atoms with Crippen LogP contribution >= 0.6 is 0 Å². The van der Waals surface area contributed by atoms with Crippen LogP contribution < -0.4 is 0 Å². The molecule has 142 valence electrons. The molecule has 2 nitrogen and oxygen atoms in total. The molecular weight excluding hydrogens is 364 g/mol. The third-order valence-corrected chi connectivity index (χ3v) is 6.36. The minimum atomic E-state index is -0.662. The van der Waals surface area contributed by atoms with Crippen molar-refractivity contribution in [1.29, 1.82) is 10.5 Å². The van der Waals surface area contributed by atoms with Gasteiger partial charge >= 0.3 is 0 Å². The van der Waals surface area contributed by atoms with E-state index in [1.54, 1.807) is 0 Å². The molecule has 0 radical (unpaired) electrons. The van der Waals surface area contributed by atoms with Crippen molar-refractivity contribution in [2.45, 2.75) is 13.8 Å². The lowest BCUT2D eigenvalue weighted by Gasteiger charge is -2.37. The van der Waals surface area contributed by atoms with Crippen LogP contribution in [0.25, 0.3) is 12.2 Å². The molecule has 30 heavy (non-hydrogen) atoms. The van der Waals surface area contributed by atoms with Gasteiger partial charge in [0.25, 0.3) is 0 Å². The zero-order valence-corrected chi connectivity index (χ0v) is 17.0. The molecule has 0 aliphatic heterocycles. The summed E-state index contributed by atoms with van der Waals surface area (Å²) < 4.78 is 0. The molecule has 0 saturated carbocycles. The smallest absolute Gasteiger partial charge is 0.0957 e. The van der Waals surface area contributed by atoms with Crippen molar-refractivity contribution in [2.75, 3.05) is 0 Å². The van der Waals surface area contributed by atoms with E-state index in [2.05, 4.69) is 23.6 Å². The summed E-state index contributed by atoms with van der Waals surface area (Å²) in [6.45, 7) is 4.06. The predicted octanol–water partition coefficient (Wildman–Crippen LogP) is 6.40. The van der Waals surface area contributed by atoms with Crippen molar-refractivity contribution in [3.63, 3.8) is 0 Å². The Hall–Kier alpha value is -4.06. The molecule has 0 bridgehead atoms. The molecule has 2 aliphatic rings. The number of fused-ring (bicyclic) bond motifs is 1. The Bertz CT molecular complexity index is 1180. The first-order chi connectivity index (χ1) is 14.5. The highest BCUT2D eigenvalue weighted by Crippen LogP contribution is 2.66. The first-order valence-corrected chi connectivity index (χ1v) is 9.83. The molecule has 0 amide bonds. The van der Waals surface area contributed by atoms with Gasteiger partial charge in [-0.1, -0.05) is 60.7 Å². The standard InChI is InChI=1S/C28H20N2/c1-27-23(15-13-21-9-5-3-6-10-21)17-26(20-30)28(27,2)24(18-25(27)19-29)16-14-22-11-7-4-8-12-22/h3-14,17-18H,1-2H3/t15?,16?,27-,28-/m0/s1. The zero-order chi connectivity index (χ0) is 21.2. The van der Waals surface area contributed by atoms with Crippen LogP contribution in [0.2, 0.25) is 0 Å². The number of nitrogens with zero attached hydrogens (tertiary/aromatic N) is 2. The highest BCUT2D eigenvalue weighted by Gasteiger charge is 2.61. The second-order valence-electron chi connectivity index (χ2n) is 7.82. The maximum atomic E-state index is 9.93. The summed E-state index contributed by atoms with van der Waals surface area (Å²) in [6.07, 6.45) is 7.59. The second-order valence-corrected chi connectivity index (χ2v) is 7.82. The fourth-order valence-electron chi connectivity index (χ4n) is 4.31. The summed E-state index contributed by atoms with van der Waals surface area (Å²) >= 11 is 0. The molecule has 0 spiro atoms. The van der Waals surface area contributed by atoms with E-state index in [1.165, 1.54) is 0 Å². The fourth-order valence-corrected chi connectivity index (χ4v) is 4.31. The van der Waals surface area contributed by atoms with Crippen LogP contribution in [0.1, 0.15) is 25.0 Å². The maximum Gasteiger partial charge on any atom is 0.0957 e. The lowest BCUT2D eigenvalue weighted by atomic mass is 9.62. The first kappa shape index (κ1) is 19.3. The number of allylic oxidation sites excluding steroid dienone is 6. The van der Waals surface area contributed by atoms with Crippen molar-refractivity contribution >= 4 is 12.2 Å². The Morgan fingerprint density at radius 1 is 0.633 bits per heavy atom. The summed E-state index contributed by atoms with van der Waals surface area (Å²) in [4.78, 5) is 0. The van der Waals surface area contributed by atoms with E-state index < -0.39 is 10.8 Å². The van der Waals surface area contributed by atoms with Crippen molar-refractivity contribution < 1.29 is 0 Å². The SMILES string of the molecule is C[C@@]12C(=C=Cc3ccccc3)C=C(C#N)[C@]1(C)C(=C=Cc1ccccc1)C=C2C#N. The van der Waals surface area contributed by atoms with Crippen LogP contribution in [0.5, 0.6) is 0 Å². The van der Waals surface area contributed by atoms with Crippen molar-refractivity contribution in [2.24, 2.45) is 10.8 Å². The van der Waals surface area contributed by atoms with E-state index in [1.807, 2.05) is 98.8 Å². The first-order valence-electron chi connectivity index (χ1n) is 9.83. The quantitative estimate of drug-likeness (QED) is 0.562. The van der Waals surface area contributed by atoms with Crippen LogP contribution in [0, 0.1) is 33.5 Å². The summed E-state index contributed by atoms with van der Waals surface area (Å²) in [5.41, 5.74) is 10.4. The van der Waals surface area contributed by atoms with Crippen LogP contribution in [0.15, 0.2) is 107 Å². The molecule has 0 unspecified atom stereocenters. The molecule has 2 aromatic carbocycles. The Morgan fingerprint density at radius 3 is 1.33 bits per heavy atom. The topological polar surface area (TPSA) is 47.6 Å². The summed E-state index contributed by atoms with van der Waals surface area (Å²) in [5, 5.41) is 19.9. The second kappa shape index (κ2) is 7.40. The third-order valence-electron chi connectivity index (χ3n) is 6.36. The van der Waals surface area contributed by atoms with Crippen LogP contribution in [0.4, 0.5) is 0 Å². The predicted molar refractivity (Wildman–Crippen MR) is 119 cm³/mol. The van der Waals surface area contributed by atoms with Gasteiger partial charge in [0.2, 0.25) is 0 Å². The summed E-state index contributed by atoms with van der Waals surface area (Å²) in [6, 6.07) is 24.6. The Morgan fingerprint density at radius 2 is 1.00 bits per heavy atom. The Kier molecular flexibility index (Phi) is 4.75. The van der Waals surface area contributed by atoms with E-state index in [-0.39, 0.29) is 0 Å². The average Bonchev–Trinajstić information content (AvgIpc) is 3.15. The molecule has 0 N–H and O–H groups in total. The van der Waals surface area contributed by atoms with Gasteiger partial charge < -0.3 is 0 Å². The monoisotopic (exact) mass is 384 g/mol. The number of nitriles is 2. The maximum absolute atomic E-state index is 9.93. The van der Waals surface area contributed by atoms with Gasteiger partial charge in [0.05, 0.1) is 12.1 Å². The highest BCUT2D eigenvalue weighted by molar-refractivity contribution is 5.70. The van der Waals surface area contributed by atoms with E-state index in [0.29, 0.717) is 11.1 Å². The van der Waals surface area contributed by atoms with Crippen molar-refractivity contribution in [1.82, 2.24) is 0 Å². The van der Waals surface area contributed by atoms with Gasteiger partial charge in [0.1, 0.15) is 0 Å². The molecular formula is C28H20N2. The number of hydrogen-bond donors (Lipinski definition) is 0. The number of benzene rings is 2. The average molecular weight is 384 g/mol. The van der Waals surface area contributed by atoms with Gasteiger partial charge in [-0.25, -0.2) is 0 Å². The molecule has 2 aromatic rings. The number of hydrogen-bond acceptors (Lipinski definition) is 2. The van der Waals surface area contributed by atoms with Gasteiger partial charge in [-0.2, -0.15) is 10.5 Å². The molecule has 2 heteroatoms. The Balaban J connectivity index is 1.91. The lowest BCUT2D eigenvalue weighted by molar-refractivity contribution is 0.305. The van der Waals surface area contributed by atoms with Crippen LogP contribution in [-0.2, 0) is 0 Å². The van der Waals surface area contributed by atoms with E-state index in [4.69, 9.17) is 0 Å². The van der Waals surface area contributed by atoms with Gasteiger partial charge in [0.15, 0.2) is 0 Å². The minimum absolute atomic E-state index is 0.624. The van der Waals surface area contributed by atoms with Gasteiger partial charge in [-0.15, -0.1) is 11.5 Å². The highest BCUT2D eigenvalue weighted by atomic mass is 14.6. The Labute approximate surface area is 177 Å². The molecule has 2 atom stereocenters. The minimum Gasteiger partial charge on any atom is -0.193 e. The van der Waals surface area contributed by atoms with Gasteiger partial charge in [-0.3, -0.25) is 0 Å². The molecule has 0 heterocycles. The largest absolute Gasteiger partial charge is 0.193 e. The summed E-state index contributed by atoms with van der Waals surface area (Å²) in [7, 11) is 0. The third kappa shape index (κ3) is 2.81. The molecule has 0 aromatic heterocycles.